The fraction of sp³-hybridized carbons (Fsp3) is 0.357. The van der Waals surface area contributed by atoms with Gasteiger partial charge in [-0.2, -0.15) is 0 Å². The lowest BCUT2D eigenvalue weighted by Crippen LogP contribution is -2.42. The Morgan fingerprint density at radius 1 is 1.38 bits per heavy atom. The number of hydrogen-bond donors (Lipinski definition) is 2. The summed E-state index contributed by atoms with van der Waals surface area (Å²) in [5.74, 6) is -1.70. The van der Waals surface area contributed by atoms with Gasteiger partial charge in [0, 0.05) is 18.2 Å². The van der Waals surface area contributed by atoms with E-state index in [4.69, 9.17) is 5.11 Å². The van der Waals surface area contributed by atoms with Crippen molar-refractivity contribution in [2.24, 2.45) is 0 Å². The summed E-state index contributed by atoms with van der Waals surface area (Å²) in [7, 11) is 1.24. The minimum absolute atomic E-state index is 0.0439. The van der Waals surface area contributed by atoms with E-state index < -0.39 is 18.0 Å². The van der Waals surface area contributed by atoms with Crippen LogP contribution in [0.4, 0.5) is 10.5 Å². The van der Waals surface area contributed by atoms with Crippen LogP contribution in [-0.2, 0) is 14.3 Å². The zero-order chi connectivity index (χ0) is 15.4. The molecule has 1 unspecified atom stereocenters. The van der Waals surface area contributed by atoms with E-state index in [1.54, 1.807) is 12.1 Å². The summed E-state index contributed by atoms with van der Waals surface area (Å²) in [5.41, 5.74) is 1.50. The standard InChI is InChI=1S/C14H16N2O5/c1-21-13(19)7-15-14(20)16-8-9(6-12(17)18)10-4-2-3-5-11(10)16/h2-5,9H,6-8H2,1H3,(H,15,20)(H,17,18). The van der Waals surface area contributed by atoms with Gasteiger partial charge in [0.15, 0.2) is 0 Å². The van der Waals surface area contributed by atoms with E-state index in [0.717, 1.165) is 5.56 Å². The third-order valence-corrected chi connectivity index (χ3v) is 3.35. The molecule has 0 radical (unpaired) electrons. The highest BCUT2D eigenvalue weighted by Gasteiger charge is 2.33. The second kappa shape index (κ2) is 6.25. The lowest BCUT2D eigenvalue weighted by molar-refractivity contribution is -0.139. The number of para-hydroxylation sites is 1. The molecule has 7 nitrogen and oxygen atoms in total. The number of carbonyl (C=O) groups excluding carboxylic acids is 2. The number of carboxylic acids is 1. The number of anilines is 1. The largest absolute Gasteiger partial charge is 0.481 e. The summed E-state index contributed by atoms with van der Waals surface area (Å²) in [5, 5.41) is 11.4. The number of methoxy groups -OCH3 is 1. The van der Waals surface area contributed by atoms with E-state index in [0.29, 0.717) is 5.69 Å². The van der Waals surface area contributed by atoms with Crippen molar-refractivity contribution in [3.05, 3.63) is 29.8 Å². The van der Waals surface area contributed by atoms with Crippen LogP contribution >= 0.6 is 0 Å². The Balaban J connectivity index is 2.13. The first-order chi connectivity index (χ1) is 10.0. The summed E-state index contributed by atoms with van der Waals surface area (Å²) >= 11 is 0. The van der Waals surface area contributed by atoms with E-state index in [9.17, 15) is 14.4 Å². The van der Waals surface area contributed by atoms with Crippen molar-refractivity contribution in [3.63, 3.8) is 0 Å². The molecule has 112 valence electrons. The Morgan fingerprint density at radius 2 is 2.10 bits per heavy atom. The average molecular weight is 292 g/mol. The molecule has 0 saturated carbocycles. The van der Waals surface area contributed by atoms with Crippen molar-refractivity contribution in [1.29, 1.82) is 0 Å². The Labute approximate surface area is 121 Å². The number of benzene rings is 1. The number of nitrogens with zero attached hydrogens (tertiary/aromatic N) is 1. The van der Waals surface area contributed by atoms with Crippen LogP contribution in [0.25, 0.3) is 0 Å². The van der Waals surface area contributed by atoms with Crippen LogP contribution in [0.5, 0.6) is 0 Å². The zero-order valence-corrected chi connectivity index (χ0v) is 11.5. The summed E-state index contributed by atoms with van der Waals surface area (Å²) in [4.78, 5) is 35.5. The lowest BCUT2D eigenvalue weighted by Gasteiger charge is -2.18. The van der Waals surface area contributed by atoms with Crippen molar-refractivity contribution >= 4 is 23.7 Å². The second-order valence-electron chi connectivity index (χ2n) is 4.70. The highest BCUT2D eigenvalue weighted by Crippen LogP contribution is 2.37. The van der Waals surface area contributed by atoms with Crippen molar-refractivity contribution in [1.82, 2.24) is 5.32 Å². The van der Waals surface area contributed by atoms with Gasteiger partial charge >= 0.3 is 18.0 Å². The first kappa shape index (κ1) is 14.8. The Bertz CT molecular complexity index is 572. The molecule has 1 atom stereocenters. The van der Waals surface area contributed by atoms with E-state index in [1.807, 2.05) is 12.1 Å². The van der Waals surface area contributed by atoms with Crippen LogP contribution in [0, 0.1) is 0 Å². The number of rotatable bonds is 4. The lowest BCUT2D eigenvalue weighted by atomic mass is 9.98. The van der Waals surface area contributed by atoms with Crippen LogP contribution in [-0.4, -0.2) is 43.3 Å². The number of nitrogens with one attached hydrogen (secondary N) is 1. The molecule has 2 amide bonds. The number of aliphatic carboxylic acids is 1. The minimum atomic E-state index is -0.911. The third kappa shape index (κ3) is 3.31. The molecule has 0 spiro atoms. The van der Waals surface area contributed by atoms with Gasteiger partial charge in [0.05, 0.1) is 13.5 Å². The van der Waals surface area contributed by atoms with Gasteiger partial charge in [-0.25, -0.2) is 4.79 Å². The average Bonchev–Trinajstić information content (AvgIpc) is 2.83. The molecule has 21 heavy (non-hydrogen) atoms. The third-order valence-electron chi connectivity index (χ3n) is 3.35. The molecule has 0 fully saturated rings. The normalized spacial score (nSPS) is 16.2. The number of ether oxygens (including phenoxy) is 1. The highest BCUT2D eigenvalue weighted by molar-refractivity contribution is 5.96. The van der Waals surface area contributed by atoms with Crippen LogP contribution < -0.4 is 10.2 Å². The fourth-order valence-corrected chi connectivity index (χ4v) is 2.39. The molecule has 1 aliphatic heterocycles. The number of hydrogen-bond acceptors (Lipinski definition) is 4. The highest BCUT2D eigenvalue weighted by atomic mass is 16.5. The Kier molecular flexibility index (Phi) is 4.42. The predicted octanol–water partition coefficient (Wildman–Crippen LogP) is 0.948. The maximum Gasteiger partial charge on any atom is 0.325 e. The molecular formula is C14H16N2O5. The molecule has 1 aromatic carbocycles. The number of carboxylic acid groups (broad SMARTS) is 1. The van der Waals surface area contributed by atoms with Gasteiger partial charge in [0.1, 0.15) is 6.54 Å². The number of urea groups is 1. The summed E-state index contributed by atoms with van der Waals surface area (Å²) < 4.78 is 4.46. The second-order valence-corrected chi connectivity index (χ2v) is 4.70. The van der Waals surface area contributed by atoms with Crippen molar-refractivity contribution in [3.8, 4) is 0 Å². The number of fused-ring (bicyclic) bond motifs is 1. The number of carbonyl (C=O) groups is 3. The van der Waals surface area contributed by atoms with Gasteiger partial charge in [0.25, 0.3) is 0 Å². The fourth-order valence-electron chi connectivity index (χ4n) is 2.39. The zero-order valence-electron chi connectivity index (χ0n) is 11.5. The minimum Gasteiger partial charge on any atom is -0.481 e. The van der Waals surface area contributed by atoms with Crippen molar-refractivity contribution < 1.29 is 24.2 Å². The molecule has 2 N–H and O–H groups in total. The Hall–Kier alpha value is -2.57. The van der Waals surface area contributed by atoms with Crippen LogP contribution in [0.15, 0.2) is 24.3 Å². The molecule has 7 heteroatoms. The summed E-state index contributed by atoms with van der Waals surface area (Å²) in [6, 6.07) is 6.72. The first-order valence-electron chi connectivity index (χ1n) is 6.45. The molecule has 0 aliphatic carbocycles. The molecular weight excluding hydrogens is 276 g/mol. The summed E-state index contributed by atoms with van der Waals surface area (Å²) in [6.45, 7) is 0.0518. The smallest absolute Gasteiger partial charge is 0.325 e. The quantitative estimate of drug-likeness (QED) is 0.805. The van der Waals surface area contributed by atoms with Crippen LogP contribution in [0.3, 0.4) is 0 Å². The van der Waals surface area contributed by atoms with Crippen LogP contribution in [0.2, 0.25) is 0 Å². The molecule has 1 aromatic rings. The van der Waals surface area contributed by atoms with Gasteiger partial charge in [0.2, 0.25) is 0 Å². The molecule has 0 bridgehead atoms. The van der Waals surface area contributed by atoms with Gasteiger partial charge in [-0.05, 0) is 11.6 Å². The van der Waals surface area contributed by atoms with Crippen molar-refractivity contribution in [2.45, 2.75) is 12.3 Å². The van der Waals surface area contributed by atoms with Gasteiger partial charge in [-0.3, -0.25) is 14.5 Å². The monoisotopic (exact) mass is 292 g/mol. The SMILES string of the molecule is COC(=O)CNC(=O)N1CC(CC(=O)O)c2ccccc21. The first-order valence-corrected chi connectivity index (χ1v) is 6.45. The van der Waals surface area contributed by atoms with Gasteiger partial charge < -0.3 is 15.2 Å². The van der Waals surface area contributed by atoms with Gasteiger partial charge in [-0.15, -0.1) is 0 Å². The molecule has 0 aromatic heterocycles. The van der Waals surface area contributed by atoms with E-state index >= 15 is 0 Å². The number of esters is 1. The molecule has 1 heterocycles. The van der Waals surface area contributed by atoms with Crippen molar-refractivity contribution in [2.75, 3.05) is 25.1 Å². The van der Waals surface area contributed by atoms with E-state index in [-0.39, 0.29) is 25.4 Å². The number of amides is 2. The van der Waals surface area contributed by atoms with Gasteiger partial charge in [-0.1, -0.05) is 18.2 Å². The van der Waals surface area contributed by atoms with E-state index in [2.05, 4.69) is 10.1 Å². The summed E-state index contributed by atoms with van der Waals surface area (Å²) in [6.07, 6.45) is -0.0439. The Morgan fingerprint density at radius 3 is 2.76 bits per heavy atom. The maximum atomic E-state index is 12.1. The molecule has 1 aliphatic rings. The topological polar surface area (TPSA) is 95.9 Å². The molecule has 2 rings (SSSR count). The van der Waals surface area contributed by atoms with Crippen LogP contribution in [0.1, 0.15) is 17.9 Å². The molecule has 0 saturated heterocycles. The predicted molar refractivity (Wildman–Crippen MR) is 74.2 cm³/mol. The maximum absolute atomic E-state index is 12.1. The van der Waals surface area contributed by atoms with E-state index in [1.165, 1.54) is 12.0 Å².